The number of fused-ring (bicyclic) bond motifs is 2. The highest BCUT2D eigenvalue weighted by molar-refractivity contribution is 7.24. The summed E-state index contributed by atoms with van der Waals surface area (Å²) in [6.45, 7) is 1.32. The van der Waals surface area contributed by atoms with Gasteiger partial charge in [-0.3, -0.25) is 9.59 Å². The maximum atomic E-state index is 12.5. The molecule has 1 heterocycles. The molecule has 0 atom stereocenters. The van der Waals surface area contributed by atoms with E-state index in [2.05, 4.69) is 5.16 Å². The molecule has 3 aromatic rings. The van der Waals surface area contributed by atoms with Crippen LogP contribution in [-0.4, -0.2) is 16.7 Å². The van der Waals surface area contributed by atoms with Crippen LogP contribution in [0.25, 0.3) is 20.2 Å². The Hall–Kier alpha value is -2.53. The fourth-order valence-corrected chi connectivity index (χ4v) is 3.33. The van der Waals surface area contributed by atoms with Gasteiger partial charge in [-0.15, -0.1) is 11.3 Å². The summed E-state index contributed by atoms with van der Waals surface area (Å²) in [5.41, 5.74) is 0.314. The first-order valence-electron chi connectivity index (χ1n) is 6.31. The summed E-state index contributed by atoms with van der Waals surface area (Å²) in [5.74, 6) is -0.353. The van der Waals surface area contributed by atoms with Crippen LogP contribution in [0.5, 0.6) is 0 Å². The van der Waals surface area contributed by atoms with E-state index in [-0.39, 0.29) is 16.9 Å². The summed E-state index contributed by atoms with van der Waals surface area (Å²) in [7, 11) is 0. The zero-order chi connectivity index (χ0) is 15.0. The molecular weight excluding hydrogens is 286 g/mol. The van der Waals surface area contributed by atoms with Gasteiger partial charge in [0, 0.05) is 32.7 Å². The molecule has 3 rings (SSSR count). The van der Waals surface area contributed by atoms with Gasteiger partial charge in [0.05, 0.1) is 0 Å². The van der Waals surface area contributed by atoms with Crippen LogP contribution < -0.4 is 5.43 Å². The van der Waals surface area contributed by atoms with Crippen LogP contribution in [0.2, 0.25) is 0 Å². The molecule has 0 aliphatic heterocycles. The number of hydrogen-bond donors (Lipinski definition) is 1. The molecule has 1 aromatic heterocycles. The van der Waals surface area contributed by atoms with E-state index in [0.717, 1.165) is 9.40 Å². The molecular formula is C16H11NO3S. The summed E-state index contributed by atoms with van der Waals surface area (Å²) in [4.78, 5) is 24.0. The lowest BCUT2D eigenvalue weighted by molar-refractivity contribution is -0.111. The molecule has 0 unspecified atom stereocenters. The fraction of sp³-hybridized carbons (Fsp3) is 0.0625. The van der Waals surface area contributed by atoms with Crippen LogP contribution in [0.3, 0.4) is 0 Å². The van der Waals surface area contributed by atoms with E-state index in [1.807, 2.05) is 18.2 Å². The average Bonchev–Trinajstić information content (AvgIpc) is 2.48. The Labute approximate surface area is 124 Å². The number of carbonyl (C=O) groups is 1. The van der Waals surface area contributed by atoms with E-state index in [0.29, 0.717) is 16.3 Å². The Morgan fingerprint density at radius 1 is 1.10 bits per heavy atom. The molecule has 0 saturated heterocycles. The lowest BCUT2D eigenvalue weighted by atomic mass is 10.0. The third-order valence-electron chi connectivity index (χ3n) is 3.28. The molecule has 0 fully saturated rings. The van der Waals surface area contributed by atoms with E-state index >= 15 is 0 Å². The molecule has 0 aliphatic carbocycles. The maximum Gasteiger partial charge on any atom is 0.195 e. The molecule has 0 bridgehead atoms. The smallest absolute Gasteiger partial charge is 0.195 e. The molecule has 4 nitrogen and oxygen atoms in total. The van der Waals surface area contributed by atoms with Crippen molar-refractivity contribution in [2.24, 2.45) is 5.16 Å². The Bertz CT molecular complexity index is 957. The Balaban J connectivity index is 2.36. The number of oxime groups is 1. The molecule has 0 radical (unpaired) electrons. The lowest BCUT2D eigenvalue weighted by Gasteiger charge is -2.04. The molecule has 1 N–H and O–H groups in total. The summed E-state index contributed by atoms with van der Waals surface area (Å²) < 4.78 is 1.76. The normalized spacial score (nSPS) is 12.0. The minimum atomic E-state index is -0.353. The first kappa shape index (κ1) is 13.5. The van der Waals surface area contributed by atoms with Gasteiger partial charge in [0.1, 0.15) is 0 Å². The van der Waals surface area contributed by atoms with Crippen LogP contribution >= 0.6 is 11.3 Å². The molecule has 5 heteroatoms. The highest BCUT2D eigenvalue weighted by Gasteiger charge is 2.13. The zero-order valence-electron chi connectivity index (χ0n) is 11.2. The maximum absolute atomic E-state index is 12.5. The molecule has 2 aromatic carbocycles. The second-order valence-electron chi connectivity index (χ2n) is 4.64. The van der Waals surface area contributed by atoms with Crippen LogP contribution in [0.15, 0.2) is 52.4 Å². The van der Waals surface area contributed by atoms with Crippen molar-refractivity contribution in [2.75, 3.05) is 0 Å². The third kappa shape index (κ3) is 2.21. The number of nitrogens with zero attached hydrogens (tertiary/aromatic N) is 1. The SMILES string of the molecule is CC(=O)C(=NO)c1ccc2sc3ccccc3c(=O)c2c1. The number of Topliss-reactive ketones (excluding diaryl/α,β-unsaturated/α-hetero) is 1. The van der Waals surface area contributed by atoms with Crippen molar-refractivity contribution in [3.8, 4) is 0 Å². The van der Waals surface area contributed by atoms with E-state index in [4.69, 9.17) is 5.21 Å². The lowest BCUT2D eigenvalue weighted by Crippen LogP contribution is -2.12. The highest BCUT2D eigenvalue weighted by Crippen LogP contribution is 2.25. The average molecular weight is 297 g/mol. The van der Waals surface area contributed by atoms with Crippen LogP contribution in [0.4, 0.5) is 0 Å². The number of rotatable bonds is 2. The van der Waals surface area contributed by atoms with Crippen LogP contribution in [0.1, 0.15) is 12.5 Å². The second-order valence-corrected chi connectivity index (χ2v) is 5.73. The van der Waals surface area contributed by atoms with E-state index in [1.54, 1.807) is 24.3 Å². The minimum Gasteiger partial charge on any atom is -0.410 e. The number of carbonyl (C=O) groups excluding carboxylic acids is 1. The first-order valence-corrected chi connectivity index (χ1v) is 7.12. The van der Waals surface area contributed by atoms with Gasteiger partial charge in [0.15, 0.2) is 16.9 Å². The van der Waals surface area contributed by atoms with Gasteiger partial charge in [-0.1, -0.05) is 23.4 Å². The van der Waals surface area contributed by atoms with Crippen molar-refractivity contribution in [2.45, 2.75) is 6.92 Å². The minimum absolute atomic E-state index is 0.0468. The highest BCUT2D eigenvalue weighted by atomic mass is 32.1. The van der Waals surface area contributed by atoms with E-state index in [9.17, 15) is 9.59 Å². The first-order chi connectivity index (χ1) is 10.1. The van der Waals surface area contributed by atoms with Gasteiger partial charge >= 0.3 is 0 Å². The second kappa shape index (κ2) is 5.10. The fourth-order valence-electron chi connectivity index (χ4n) is 2.28. The topological polar surface area (TPSA) is 66.7 Å². The van der Waals surface area contributed by atoms with Crippen molar-refractivity contribution < 1.29 is 10.0 Å². The van der Waals surface area contributed by atoms with E-state index < -0.39 is 0 Å². The van der Waals surface area contributed by atoms with Crippen LogP contribution in [-0.2, 0) is 4.79 Å². The number of hydrogen-bond acceptors (Lipinski definition) is 5. The van der Waals surface area contributed by atoms with Crippen molar-refractivity contribution in [3.05, 3.63) is 58.3 Å². The van der Waals surface area contributed by atoms with Gasteiger partial charge in [-0.05, 0) is 24.3 Å². The van der Waals surface area contributed by atoms with Gasteiger partial charge < -0.3 is 5.21 Å². The summed E-state index contributed by atoms with van der Waals surface area (Å²) in [5, 5.41) is 13.2. The van der Waals surface area contributed by atoms with E-state index in [1.165, 1.54) is 18.3 Å². The largest absolute Gasteiger partial charge is 0.410 e. The summed E-state index contributed by atoms with van der Waals surface area (Å²) in [6.07, 6.45) is 0. The van der Waals surface area contributed by atoms with Gasteiger partial charge in [-0.25, -0.2) is 0 Å². The van der Waals surface area contributed by atoms with Gasteiger partial charge in [-0.2, -0.15) is 0 Å². The Kier molecular flexibility index (Phi) is 3.27. The molecule has 0 spiro atoms. The van der Waals surface area contributed by atoms with Crippen molar-refractivity contribution >= 4 is 43.0 Å². The molecule has 0 aliphatic rings. The van der Waals surface area contributed by atoms with Crippen molar-refractivity contribution in [3.63, 3.8) is 0 Å². The molecule has 104 valence electrons. The summed E-state index contributed by atoms with van der Waals surface area (Å²) >= 11 is 1.51. The van der Waals surface area contributed by atoms with Crippen molar-refractivity contribution in [1.29, 1.82) is 0 Å². The third-order valence-corrected chi connectivity index (χ3v) is 4.43. The zero-order valence-corrected chi connectivity index (χ0v) is 12.0. The predicted molar refractivity (Wildman–Crippen MR) is 84.6 cm³/mol. The monoisotopic (exact) mass is 297 g/mol. The number of benzene rings is 2. The Morgan fingerprint density at radius 3 is 2.52 bits per heavy atom. The standard InChI is InChI=1S/C16H11NO3S/c1-9(18)15(17-20)10-6-7-14-12(8-10)16(19)11-4-2-3-5-13(11)21-14/h2-8,20H,1H3. The van der Waals surface area contributed by atoms with Crippen molar-refractivity contribution in [1.82, 2.24) is 0 Å². The predicted octanol–water partition coefficient (Wildman–Crippen LogP) is 3.18. The quantitative estimate of drug-likeness (QED) is 0.342. The molecule has 21 heavy (non-hydrogen) atoms. The van der Waals surface area contributed by atoms with Gasteiger partial charge in [0.2, 0.25) is 0 Å². The van der Waals surface area contributed by atoms with Gasteiger partial charge in [0.25, 0.3) is 0 Å². The molecule has 0 amide bonds. The number of ketones is 1. The Morgan fingerprint density at radius 2 is 1.81 bits per heavy atom. The molecule has 0 saturated carbocycles. The van der Waals surface area contributed by atoms with Crippen LogP contribution in [0, 0.1) is 0 Å². The summed E-state index contributed by atoms with van der Waals surface area (Å²) in [6, 6.07) is 12.5.